The van der Waals surface area contributed by atoms with Crippen molar-refractivity contribution in [2.75, 3.05) is 6.54 Å². The monoisotopic (exact) mass is 211 g/mol. The van der Waals surface area contributed by atoms with Crippen LogP contribution in [0.1, 0.15) is 34.8 Å². The van der Waals surface area contributed by atoms with Crippen LogP contribution in [0.15, 0.2) is 16.7 Å². The van der Waals surface area contributed by atoms with E-state index in [0.717, 1.165) is 6.26 Å². The molecule has 0 aliphatic heterocycles. The summed E-state index contributed by atoms with van der Waals surface area (Å²) in [6, 6.07) is 1.21. The van der Waals surface area contributed by atoms with Crippen LogP contribution in [0.3, 0.4) is 0 Å². The summed E-state index contributed by atoms with van der Waals surface area (Å²) in [6.45, 7) is 4.46. The van der Waals surface area contributed by atoms with Gasteiger partial charge in [-0.25, -0.2) is 4.79 Å². The molecule has 0 aliphatic carbocycles. The first-order valence-electron chi connectivity index (χ1n) is 4.60. The number of carboxylic acids is 1. The van der Waals surface area contributed by atoms with Crippen LogP contribution < -0.4 is 5.32 Å². The van der Waals surface area contributed by atoms with Gasteiger partial charge in [0.25, 0.3) is 5.91 Å². The van der Waals surface area contributed by atoms with Crippen LogP contribution in [-0.4, -0.2) is 23.5 Å². The maximum atomic E-state index is 11.4. The van der Waals surface area contributed by atoms with E-state index in [4.69, 9.17) is 9.52 Å². The predicted octanol–water partition coefficient (Wildman–Crippen LogP) is 1.36. The minimum absolute atomic E-state index is 0.0213. The van der Waals surface area contributed by atoms with Crippen LogP contribution in [0, 0.1) is 5.92 Å². The highest BCUT2D eigenvalue weighted by Crippen LogP contribution is 2.07. The van der Waals surface area contributed by atoms with Gasteiger partial charge in [0.15, 0.2) is 5.76 Å². The largest absolute Gasteiger partial charge is 0.478 e. The van der Waals surface area contributed by atoms with Crippen LogP contribution in [-0.2, 0) is 0 Å². The Morgan fingerprint density at radius 1 is 1.53 bits per heavy atom. The summed E-state index contributed by atoms with van der Waals surface area (Å²) in [5.74, 6) is -1.14. The molecule has 5 heteroatoms. The number of hydrogen-bond acceptors (Lipinski definition) is 3. The second-order valence-corrected chi connectivity index (χ2v) is 3.61. The number of hydrogen-bond donors (Lipinski definition) is 2. The molecule has 1 amide bonds. The van der Waals surface area contributed by atoms with Crippen LogP contribution in [0.5, 0.6) is 0 Å². The molecular weight excluding hydrogens is 198 g/mol. The highest BCUT2D eigenvalue weighted by Gasteiger charge is 2.14. The lowest BCUT2D eigenvalue weighted by molar-refractivity contribution is 0.0696. The third-order valence-electron chi connectivity index (χ3n) is 1.74. The molecule has 1 aromatic rings. The van der Waals surface area contributed by atoms with E-state index in [1.54, 1.807) is 0 Å². The first kappa shape index (κ1) is 11.3. The molecule has 0 aliphatic rings. The van der Waals surface area contributed by atoms with Gasteiger partial charge in [0.05, 0.1) is 5.56 Å². The van der Waals surface area contributed by atoms with Gasteiger partial charge in [-0.15, -0.1) is 0 Å². The maximum absolute atomic E-state index is 11.4. The molecule has 0 spiro atoms. The maximum Gasteiger partial charge on any atom is 0.338 e. The van der Waals surface area contributed by atoms with Crippen LogP contribution in [0.25, 0.3) is 0 Å². The molecule has 5 nitrogen and oxygen atoms in total. The molecule has 1 aromatic heterocycles. The molecule has 82 valence electrons. The van der Waals surface area contributed by atoms with Crippen molar-refractivity contribution in [1.82, 2.24) is 5.32 Å². The first-order valence-corrected chi connectivity index (χ1v) is 4.60. The Morgan fingerprint density at radius 3 is 2.67 bits per heavy atom. The van der Waals surface area contributed by atoms with Crippen molar-refractivity contribution in [2.45, 2.75) is 13.8 Å². The fourth-order valence-electron chi connectivity index (χ4n) is 0.951. The second-order valence-electron chi connectivity index (χ2n) is 3.61. The van der Waals surface area contributed by atoms with Gasteiger partial charge in [-0.1, -0.05) is 13.8 Å². The minimum atomic E-state index is -1.11. The lowest BCUT2D eigenvalue weighted by atomic mass is 10.2. The number of amides is 1. The van der Waals surface area contributed by atoms with Crippen molar-refractivity contribution >= 4 is 11.9 Å². The Hall–Kier alpha value is -1.78. The topological polar surface area (TPSA) is 79.5 Å². The normalized spacial score (nSPS) is 10.3. The molecule has 0 aromatic carbocycles. The molecule has 1 heterocycles. The Kier molecular flexibility index (Phi) is 3.49. The van der Waals surface area contributed by atoms with E-state index >= 15 is 0 Å². The molecule has 1 rings (SSSR count). The van der Waals surface area contributed by atoms with Crippen LogP contribution in [0.2, 0.25) is 0 Å². The second kappa shape index (κ2) is 4.63. The number of aromatic carboxylic acids is 1. The molecule has 0 atom stereocenters. The SMILES string of the molecule is CC(C)CNC(=O)c1cc(C(=O)O)co1. The zero-order chi connectivity index (χ0) is 11.4. The number of rotatable bonds is 4. The highest BCUT2D eigenvalue weighted by atomic mass is 16.4. The van der Waals surface area contributed by atoms with E-state index in [2.05, 4.69) is 5.32 Å². The van der Waals surface area contributed by atoms with E-state index in [0.29, 0.717) is 12.5 Å². The summed E-state index contributed by atoms with van der Waals surface area (Å²) < 4.78 is 4.83. The Morgan fingerprint density at radius 2 is 2.20 bits per heavy atom. The van der Waals surface area contributed by atoms with Gasteiger partial charge < -0.3 is 14.8 Å². The third kappa shape index (κ3) is 3.12. The molecule has 0 fully saturated rings. The number of carboxylic acid groups (broad SMARTS) is 1. The average molecular weight is 211 g/mol. The molecule has 0 bridgehead atoms. The number of carbonyl (C=O) groups is 2. The fourth-order valence-corrected chi connectivity index (χ4v) is 0.951. The van der Waals surface area contributed by atoms with Crippen molar-refractivity contribution in [2.24, 2.45) is 5.92 Å². The van der Waals surface area contributed by atoms with Crippen molar-refractivity contribution < 1.29 is 19.1 Å². The zero-order valence-electron chi connectivity index (χ0n) is 8.61. The lowest BCUT2D eigenvalue weighted by Gasteiger charge is -2.04. The molecule has 15 heavy (non-hydrogen) atoms. The molecule has 2 N–H and O–H groups in total. The summed E-state index contributed by atoms with van der Waals surface area (Å²) in [4.78, 5) is 21.9. The van der Waals surface area contributed by atoms with Gasteiger partial charge in [-0.2, -0.15) is 0 Å². The van der Waals surface area contributed by atoms with Crippen molar-refractivity contribution in [3.8, 4) is 0 Å². The Bertz CT molecular complexity index is 367. The molecule has 0 saturated carbocycles. The number of nitrogens with one attached hydrogen (secondary N) is 1. The standard InChI is InChI=1S/C10H13NO4/c1-6(2)4-11-9(12)8-3-7(5-15-8)10(13)14/h3,5-6H,4H2,1-2H3,(H,11,12)(H,13,14). The smallest absolute Gasteiger partial charge is 0.338 e. The third-order valence-corrected chi connectivity index (χ3v) is 1.74. The summed E-state index contributed by atoms with van der Waals surface area (Å²) >= 11 is 0. The molecule has 0 radical (unpaired) electrons. The van der Waals surface area contributed by atoms with E-state index in [1.165, 1.54) is 6.07 Å². The summed E-state index contributed by atoms with van der Waals surface area (Å²) in [7, 11) is 0. The number of furan rings is 1. The van der Waals surface area contributed by atoms with E-state index in [-0.39, 0.29) is 11.3 Å². The van der Waals surface area contributed by atoms with Gasteiger partial charge >= 0.3 is 5.97 Å². The number of carbonyl (C=O) groups excluding carboxylic acids is 1. The Balaban J connectivity index is 2.62. The lowest BCUT2D eigenvalue weighted by Crippen LogP contribution is -2.26. The van der Waals surface area contributed by atoms with Crippen molar-refractivity contribution in [1.29, 1.82) is 0 Å². The average Bonchev–Trinajstić information content (AvgIpc) is 2.62. The molecule has 0 unspecified atom stereocenters. The first-order chi connectivity index (χ1) is 7.00. The van der Waals surface area contributed by atoms with E-state index < -0.39 is 11.9 Å². The van der Waals surface area contributed by atoms with Crippen LogP contribution >= 0.6 is 0 Å². The van der Waals surface area contributed by atoms with Crippen molar-refractivity contribution in [3.63, 3.8) is 0 Å². The van der Waals surface area contributed by atoms with Crippen LogP contribution in [0.4, 0.5) is 0 Å². The Labute approximate surface area is 87.1 Å². The summed E-state index contributed by atoms with van der Waals surface area (Å²) in [5, 5.41) is 11.2. The molecule has 0 saturated heterocycles. The summed E-state index contributed by atoms with van der Waals surface area (Å²) in [5.41, 5.74) is -0.0234. The predicted molar refractivity (Wildman–Crippen MR) is 52.8 cm³/mol. The summed E-state index contributed by atoms with van der Waals surface area (Å²) in [6.07, 6.45) is 1.05. The van der Waals surface area contributed by atoms with Gasteiger partial charge in [-0.3, -0.25) is 4.79 Å². The van der Waals surface area contributed by atoms with E-state index in [9.17, 15) is 9.59 Å². The van der Waals surface area contributed by atoms with Gasteiger partial charge in [-0.05, 0) is 5.92 Å². The van der Waals surface area contributed by atoms with E-state index in [1.807, 2.05) is 13.8 Å². The van der Waals surface area contributed by atoms with Gasteiger partial charge in [0.1, 0.15) is 6.26 Å². The minimum Gasteiger partial charge on any atom is -0.478 e. The fraction of sp³-hybridized carbons (Fsp3) is 0.400. The van der Waals surface area contributed by atoms with Gasteiger partial charge in [0.2, 0.25) is 0 Å². The quantitative estimate of drug-likeness (QED) is 0.788. The molecular formula is C10H13NO4. The van der Waals surface area contributed by atoms with Crippen molar-refractivity contribution in [3.05, 3.63) is 23.7 Å². The van der Waals surface area contributed by atoms with Gasteiger partial charge in [0, 0.05) is 12.6 Å². The highest BCUT2D eigenvalue weighted by molar-refractivity contribution is 5.95. The zero-order valence-corrected chi connectivity index (χ0v) is 8.61.